The van der Waals surface area contributed by atoms with E-state index in [2.05, 4.69) is 61.4 Å². The zero-order chi connectivity index (χ0) is 13.7. The Labute approximate surface area is 115 Å². The molecule has 0 saturated heterocycles. The van der Waals surface area contributed by atoms with Crippen LogP contribution in [0, 0.1) is 6.92 Å². The minimum Gasteiger partial charge on any atom is -0.310 e. The molecule has 0 amide bonds. The van der Waals surface area contributed by atoms with Gasteiger partial charge in [0.2, 0.25) is 0 Å². The molecule has 1 heterocycles. The number of nitrogens with one attached hydrogen (secondary N) is 1. The van der Waals surface area contributed by atoms with E-state index >= 15 is 0 Å². The third-order valence-electron chi connectivity index (χ3n) is 3.52. The second-order valence-corrected chi connectivity index (χ2v) is 4.83. The van der Waals surface area contributed by atoms with E-state index in [1.807, 2.05) is 12.4 Å². The second-order valence-electron chi connectivity index (χ2n) is 4.83. The fourth-order valence-electron chi connectivity index (χ4n) is 2.41. The van der Waals surface area contributed by atoms with Crippen LogP contribution < -0.4 is 5.32 Å². The summed E-state index contributed by atoms with van der Waals surface area (Å²) in [6.45, 7) is 7.49. The van der Waals surface area contributed by atoms with Crippen LogP contribution in [0.15, 0.2) is 42.7 Å². The predicted molar refractivity (Wildman–Crippen MR) is 81.1 cm³/mol. The third kappa shape index (κ3) is 3.21. The van der Waals surface area contributed by atoms with E-state index in [4.69, 9.17) is 0 Å². The van der Waals surface area contributed by atoms with E-state index in [0.29, 0.717) is 6.04 Å². The SMILES string of the molecule is CCNC(CC)c1ccc(-c2cnccc2C)cc1. The molecule has 0 aliphatic rings. The largest absolute Gasteiger partial charge is 0.310 e. The molecular formula is C17H22N2. The average Bonchev–Trinajstić information content (AvgIpc) is 2.46. The van der Waals surface area contributed by atoms with E-state index in [1.165, 1.54) is 22.3 Å². The van der Waals surface area contributed by atoms with Gasteiger partial charge in [0.05, 0.1) is 0 Å². The molecule has 0 saturated carbocycles. The van der Waals surface area contributed by atoms with Crippen molar-refractivity contribution in [3.63, 3.8) is 0 Å². The Morgan fingerprint density at radius 1 is 1.11 bits per heavy atom. The number of nitrogens with zero attached hydrogens (tertiary/aromatic N) is 1. The number of rotatable bonds is 5. The van der Waals surface area contributed by atoms with Gasteiger partial charge in [-0.25, -0.2) is 0 Å². The summed E-state index contributed by atoms with van der Waals surface area (Å²) in [4.78, 5) is 4.21. The normalized spacial score (nSPS) is 12.4. The van der Waals surface area contributed by atoms with Crippen LogP contribution in [0.2, 0.25) is 0 Å². The lowest BCUT2D eigenvalue weighted by atomic mass is 9.98. The van der Waals surface area contributed by atoms with Gasteiger partial charge in [-0.05, 0) is 42.6 Å². The van der Waals surface area contributed by atoms with Gasteiger partial charge in [0.25, 0.3) is 0 Å². The summed E-state index contributed by atoms with van der Waals surface area (Å²) in [7, 11) is 0. The van der Waals surface area contributed by atoms with Crippen molar-refractivity contribution in [1.82, 2.24) is 10.3 Å². The van der Waals surface area contributed by atoms with E-state index in [-0.39, 0.29) is 0 Å². The first-order chi connectivity index (χ1) is 9.26. The Bertz CT molecular complexity index is 517. The van der Waals surface area contributed by atoms with Crippen LogP contribution in [0.3, 0.4) is 0 Å². The molecule has 1 aromatic carbocycles. The van der Waals surface area contributed by atoms with Crippen molar-refractivity contribution >= 4 is 0 Å². The number of hydrogen-bond donors (Lipinski definition) is 1. The Morgan fingerprint density at radius 3 is 2.42 bits per heavy atom. The summed E-state index contributed by atoms with van der Waals surface area (Å²) in [6, 6.07) is 11.3. The second kappa shape index (κ2) is 6.48. The van der Waals surface area contributed by atoms with Crippen LogP contribution in [0.5, 0.6) is 0 Å². The maximum atomic E-state index is 4.21. The first-order valence-corrected chi connectivity index (χ1v) is 7.00. The van der Waals surface area contributed by atoms with Crippen molar-refractivity contribution in [3.05, 3.63) is 53.9 Å². The topological polar surface area (TPSA) is 24.9 Å². The number of benzene rings is 1. The smallest absolute Gasteiger partial charge is 0.0349 e. The fraction of sp³-hybridized carbons (Fsp3) is 0.353. The molecule has 2 heteroatoms. The Hall–Kier alpha value is -1.67. The zero-order valence-corrected chi connectivity index (χ0v) is 12.0. The summed E-state index contributed by atoms with van der Waals surface area (Å²) < 4.78 is 0. The van der Waals surface area contributed by atoms with Gasteiger partial charge in [-0.1, -0.05) is 38.1 Å². The molecule has 0 aliphatic carbocycles. The molecule has 2 aromatic rings. The molecule has 2 nitrogen and oxygen atoms in total. The molecule has 0 bridgehead atoms. The van der Waals surface area contributed by atoms with E-state index in [9.17, 15) is 0 Å². The quantitative estimate of drug-likeness (QED) is 0.868. The fourth-order valence-corrected chi connectivity index (χ4v) is 2.41. The number of pyridine rings is 1. The lowest BCUT2D eigenvalue weighted by Crippen LogP contribution is -2.19. The summed E-state index contributed by atoms with van der Waals surface area (Å²) in [5.41, 5.74) is 5.07. The van der Waals surface area contributed by atoms with Crippen molar-refractivity contribution in [2.24, 2.45) is 0 Å². The van der Waals surface area contributed by atoms with E-state index < -0.39 is 0 Å². The highest BCUT2D eigenvalue weighted by Crippen LogP contribution is 2.25. The maximum absolute atomic E-state index is 4.21. The minimum absolute atomic E-state index is 0.453. The highest BCUT2D eigenvalue weighted by Gasteiger charge is 2.08. The van der Waals surface area contributed by atoms with Crippen LogP contribution in [-0.2, 0) is 0 Å². The van der Waals surface area contributed by atoms with Gasteiger partial charge in [0, 0.05) is 24.0 Å². The summed E-state index contributed by atoms with van der Waals surface area (Å²) >= 11 is 0. The Balaban J connectivity index is 2.26. The molecule has 0 aliphatic heterocycles. The molecule has 0 radical (unpaired) electrons. The van der Waals surface area contributed by atoms with Gasteiger partial charge in [0.1, 0.15) is 0 Å². The molecular weight excluding hydrogens is 232 g/mol. The molecule has 1 atom stereocenters. The molecule has 1 N–H and O–H groups in total. The Kier molecular flexibility index (Phi) is 4.69. The van der Waals surface area contributed by atoms with Gasteiger partial charge in [0.15, 0.2) is 0 Å². The minimum atomic E-state index is 0.453. The van der Waals surface area contributed by atoms with Gasteiger partial charge in [-0.2, -0.15) is 0 Å². The molecule has 0 spiro atoms. The van der Waals surface area contributed by atoms with Crippen LogP contribution >= 0.6 is 0 Å². The van der Waals surface area contributed by atoms with Crippen molar-refractivity contribution in [2.75, 3.05) is 6.54 Å². The molecule has 19 heavy (non-hydrogen) atoms. The van der Waals surface area contributed by atoms with E-state index in [1.54, 1.807) is 0 Å². The summed E-state index contributed by atoms with van der Waals surface area (Å²) in [5, 5.41) is 3.51. The lowest BCUT2D eigenvalue weighted by molar-refractivity contribution is 0.537. The van der Waals surface area contributed by atoms with Gasteiger partial charge < -0.3 is 5.32 Å². The molecule has 1 aromatic heterocycles. The van der Waals surface area contributed by atoms with Crippen molar-refractivity contribution in [2.45, 2.75) is 33.2 Å². The highest BCUT2D eigenvalue weighted by molar-refractivity contribution is 5.66. The maximum Gasteiger partial charge on any atom is 0.0349 e. The van der Waals surface area contributed by atoms with Crippen LogP contribution in [0.1, 0.15) is 37.4 Å². The number of hydrogen-bond acceptors (Lipinski definition) is 2. The van der Waals surface area contributed by atoms with Crippen molar-refractivity contribution in [3.8, 4) is 11.1 Å². The van der Waals surface area contributed by atoms with Gasteiger partial charge in [-0.3, -0.25) is 4.98 Å². The first kappa shape index (κ1) is 13.8. The highest BCUT2D eigenvalue weighted by atomic mass is 14.9. The van der Waals surface area contributed by atoms with E-state index in [0.717, 1.165) is 13.0 Å². The zero-order valence-electron chi connectivity index (χ0n) is 12.0. The van der Waals surface area contributed by atoms with Crippen LogP contribution in [0.25, 0.3) is 11.1 Å². The molecule has 1 unspecified atom stereocenters. The lowest BCUT2D eigenvalue weighted by Gasteiger charge is -2.16. The average molecular weight is 254 g/mol. The predicted octanol–water partition coefficient (Wildman–Crippen LogP) is 4.12. The summed E-state index contributed by atoms with van der Waals surface area (Å²) in [6.07, 6.45) is 4.89. The summed E-state index contributed by atoms with van der Waals surface area (Å²) in [5.74, 6) is 0. The Morgan fingerprint density at radius 2 is 1.84 bits per heavy atom. The van der Waals surface area contributed by atoms with Gasteiger partial charge >= 0.3 is 0 Å². The van der Waals surface area contributed by atoms with Crippen LogP contribution in [0.4, 0.5) is 0 Å². The van der Waals surface area contributed by atoms with Crippen molar-refractivity contribution < 1.29 is 0 Å². The third-order valence-corrected chi connectivity index (χ3v) is 3.52. The monoisotopic (exact) mass is 254 g/mol. The number of aromatic nitrogens is 1. The standard InChI is InChI=1S/C17H22N2/c1-4-17(19-5-2)15-8-6-14(7-9-15)16-12-18-11-10-13(16)3/h6-12,17,19H,4-5H2,1-3H3. The van der Waals surface area contributed by atoms with Gasteiger partial charge in [-0.15, -0.1) is 0 Å². The molecule has 0 fully saturated rings. The number of aryl methyl sites for hydroxylation is 1. The van der Waals surface area contributed by atoms with Crippen LogP contribution in [-0.4, -0.2) is 11.5 Å². The molecule has 100 valence electrons. The first-order valence-electron chi connectivity index (χ1n) is 7.00. The van der Waals surface area contributed by atoms with Crippen molar-refractivity contribution in [1.29, 1.82) is 0 Å². The molecule has 2 rings (SSSR count).